The molecule has 0 amide bonds. The van der Waals surface area contributed by atoms with Crippen LogP contribution in [0.15, 0.2) is 77.9 Å². The lowest BCUT2D eigenvalue weighted by atomic mass is 9.77. The molecular formula is C25H22N2O3. The van der Waals surface area contributed by atoms with Gasteiger partial charge in [-0.15, -0.1) is 0 Å². The van der Waals surface area contributed by atoms with Crippen molar-refractivity contribution in [1.82, 2.24) is 0 Å². The highest BCUT2D eigenvalue weighted by Crippen LogP contribution is 2.45. The molecule has 1 aliphatic heterocycles. The van der Waals surface area contributed by atoms with E-state index in [0.29, 0.717) is 0 Å². The van der Waals surface area contributed by atoms with Crippen molar-refractivity contribution in [3.8, 4) is 5.75 Å². The van der Waals surface area contributed by atoms with E-state index in [2.05, 4.69) is 41.4 Å². The van der Waals surface area contributed by atoms with Gasteiger partial charge in [0.05, 0.1) is 30.1 Å². The van der Waals surface area contributed by atoms with E-state index in [1.165, 1.54) is 16.7 Å². The van der Waals surface area contributed by atoms with Crippen LogP contribution in [0.4, 0.5) is 5.69 Å². The van der Waals surface area contributed by atoms with Gasteiger partial charge < -0.3 is 9.84 Å². The number of aromatic carboxylic acids is 1. The lowest BCUT2D eigenvalue weighted by molar-refractivity contribution is 0.0697. The minimum atomic E-state index is -0.927. The molecule has 1 N–H and O–H groups in total. The zero-order valence-corrected chi connectivity index (χ0v) is 16.7. The molecule has 30 heavy (non-hydrogen) atoms. The van der Waals surface area contributed by atoms with Gasteiger partial charge in [0, 0.05) is 11.5 Å². The number of rotatable bonds is 4. The van der Waals surface area contributed by atoms with Gasteiger partial charge in [0.2, 0.25) is 0 Å². The molecule has 2 unspecified atom stereocenters. The summed E-state index contributed by atoms with van der Waals surface area (Å²) in [5.41, 5.74) is 6.00. The molecule has 2 atom stereocenters. The van der Waals surface area contributed by atoms with Crippen LogP contribution >= 0.6 is 0 Å². The number of fused-ring (bicyclic) bond motifs is 3. The Bertz CT molecular complexity index is 1120. The fourth-order valence-electron chi connectivity index (χ4n) is 4.57. The first-order valence-electron chi connectivity index (χ1n) is 10.1. The van der Waals surface area contributed by atoms with Gasteiger partial charge in [0.25, 0.3) is 0 Å². The number of carboxylic acids is 1. The van der Waals surface area contributed by atoms with E-state index in [9.17, 15) is 9.90 Å². The standard InChI is InChI=1S/C25H22N2O3/c1-30-20-13-8-17(9-14-20)24-22-15-10-16-4-2-3-5-21(16)23(22)26-27(24)19-11-6-18(7-12-19)25(28)29/h2-9,11-14,22,24H,10,15H2,1H3,(H,28,29). The summed E-state index contributed by atoms with van der Waals surface area (Å²) in [7, 11) is 1.67. The van der Waals surface area contributed by atoms with Crippen LogP contribution in [0.3, 0.4) is 0 Å². The Hall–Kier alpha value is -3.60. The number of ether oxygens (including phenoxy) is 1. The van der Waals surface area contributed by atoms with Crippen LogP contribution in [0.2, 0.25) is 0 Å². The summed E-state index contributed by atoms with van der Waals surface area (Å²) in [6, 6.07) is 23.7. The summed E-state index contributed by atoms with van der Waals surface area (Å²) >= 11 is 0. The van der Waals surface area contributed by atoms with Crippen LogP contribution in [0.25, 0.3) is 0 Å². The molecule has 5 rings (SSSR count). The molecule has 150 valence electrons. The summed E-state index contributed by atoms with van der Waals surface area (Å²) in [6.07, 6.45) is 2.05. The highest BCUT2D eigenvalue weighted by atomic mass is 16.5. The van der Waals surface area contributed by atoms with Crippen molar-refractivity contribution in [1.29, 1.82) is 0 Å². The normalized spacial score (nSPS) is 19.6. The van der Waals surface area contributed by atoms with Gasteiger partial charge >= 0.3 is 5.97 Å². The second-order valence-electron chi connectivity index (χ2n) is 7.70. The van der Waals surface area contributed by atoms with Crippen LogP contribution in [0.1, 0.15) is 39.5 Å². The Kier molecular flexibility index (Phi) is 4.51. The lowest BCUT2D eigenvalue weighted by Gasteiger charge is -2.30. The molecule has 0 radical (unpaired) electrons. The van der Waals surface area contributed by atoms with Gasteiger partial charge in [0.15, 0.2) is 0 Å². The van der Waals surface area contributed by atoms with Crippen LogP contribution in [-0.2, 0) is 6.42 Å². The molecule has 0 aromatic heterocycles. The number of aryl methyl sites for hydroxylation is 1. The number of hydrogen-bond acceptors (Lipinski definition) is 4. The molecule has 3 aromatic carbocycles. The molecule has 2 aliphatic rings. The van der Waals surface area contributed by atoms with Crippen molar-refractivity contribution >= 4 is 17.4 Å². The van der Waals surface area contributed by atoms with Gasteiger partial charge in [-0.2, -0.15) is 5.10 Å². The summed E-state index contributed by atoms with van der Waals surface area (Å²) in [6.45, 7) is 0. The van der Waals surface area contributed by atoms with Crippen LogP contribution in [0.5, 0.6) is 5.75 Å². The topological polar surface area (TPSA) is 62.1 Å². The van der Waals surface area contributed by atoms with Crippen molar-refractivity contribution in [2.75, 3.05) is 12.1 Å². The number of carboxylic acid groups (broad SMARTS) is 1. The van der Waals surface area contributed by atoms with Crippen LogP contribution < -0.4 is 9.75 Å². The first kappa shape index (κ1) is 18.4. The summed E-state index contributed by atoms with van der Waals surface area (Å²) in [4.78, 5) is 11.3. The zero-order valence-electron chi connectivity index (χ0n) is 16.7. The average Bonchev–Trinajstić information content (AvgIpc) is 3.19. The Balaban J connectivity index is 1.60. The largest absolute Gasteiger partial charge is 0.497 e. The van der Waals surface area contributed by atoms with E-state index < -0.39 is 5.97 Å². The molecule has 1 aliphatic carbocycles. The maximum Gasteiger partial charge on any atom is 0.335 e. The second kappa shape index (κ2) is 7.34. The smallest absolute Gasteiger partial charge is 0.335 e. The fourth-order valence-corrected chi connectivity index (χ4v) is 4.57. The second-order valence-corrected chi connectivity index (χ2v) is 7.70. The summed E-state index contributed by atoms with van der Waals surface area (Å²) in [5.74, 6) is 0.167. The first-order valence-corrected chi connectivity index (χ1v) is 10.1. The summed E-state index contributed by atoms with van der Waals surface area (Å²) in [5, 5.41) is 16.4. The number of hydrazone groups is 1. The van der Waals surface area contributed by atoms with E-state index >= 15 is 0 Å². The summed E-state index contributed by atoms with van der Waals surface area (Å²) < 4.78 is 5.33. The molecule has 0 spiro atoms. The quantitative estimate of drug-likeness (QED) is 0.677. The minimum absolute atomic E-state index is 0.0509. The van der Waals surface area contributed by atoms with Crippen molar-refractivity contribution in [2.24, 2.45) is 11.0 Å². The number of methoxy groups -OCH3 is 1. The average molecular weight is 398 g/mol. The number of carbonyl (C=O) groups is 1. The van der Waals surface area contributed by atoms with Crippen molar-refractivity contribution in [2.45, 2.75) is 18.9 Å². The van der Waals surface area contributed by atoms with Gasteiger partial charge in [-0.25, -0.2) is 4.79 Å². The highest BCUT2D eigenvalue weighted by Gasteiger charge is 2.42. The number of anilines is 1. The SMILES string of the molecule is COc1ccc(C2C3CCc4ccccc4C3=NN2c2ccc(C(=O)O)cc2)cc1. The van der Waals surface area contributed by atoms with Crippen LogP contribution in [0, 0.1) is 5.92 Å². The van der Waals surface area contributed by atoms with E-state index in [-0.39, 0.29) is 17.5 Å². The lowest BCUT2D eigenvalue weighted by Crippen LogP contribution is -2.28. The Morgan fingerprint density at radius 2 is 1.77 bits per heavy atom. The molecule has 0 saturated heterocycles. The number of nitrogens with zero attached hydrogens (tertiary/aromatic N) is 2. The van der Waals surface area contributed by atoms with Crippen molar-refractivity contribution in [3.05, 3.63) is 95.1 Å². The van der Waals surface area contributed by atoms with E-state index in [4.69, 9.17) is 9.84 Å². The van der Waals surface area contributed by atoms with Gasteiger partial charge in [-0.05, 0) is 60.4 Å². The molecule has 0 bridgehead atoms. The molecule has 3 aromatic rings. The minimum Gasteiger partial charge on any atom is -0.497 e. The zero-order chi connectivity index (χ0) is 20.7. The van der Waals surface area contributed by atoms with Crippen LogP contribution in [-0.4, -0.2) is 23.9 Å². The molecular weight excluding hydrogens is 376 g/mol. The maximum atomic E-state index is 11.3. The Morgan fingerprint density at radius 1 is 1.03 bits per heavy atom. The molecule has 5 heteroatoms. The van der Waals surface area contributed by atoms with Crippen molar-refractivity contribution < 1.29 is 14.6 Å². The number of hydrogen-bond donors (Lipinski definition) is 1. The third-order valence-corrected chi connectivity index (χ3v) is 6.07. The molecule has 0 saturated carbocycles. The maximum absolute atomic E-state index is 11.3. The molecule has 1 heterocycles. The third kappa shape index (κ3) is 3.03. The Labute approximate surface area is 175 Å². The van der Waals surface area contributed by atoms with Gasteiger partial charge in [0.1, 0.15) is 5.75 Å². The predicted molar refractivity (Wildman–Crippen MR) is 116 cm³/mol. The predicted octanol–water partition coefficient (Wildman–Crippen LogP) is 4.92. The van der Waals surface area contributed by atoms with Gasteiger partial charge in [-0.3, -0.25) is 5.01 Å². The molecule has 0 fully saturated rings. The molecule has 5 nitrogen and oxygen atoms in total. The fraction of sp³-hybridized carbons (Fsp3) is 0.200. The van der Waals surface area contributed by atoms with E-state index in [1.54, 1.807) is 19.2 Å². The monoisotopic (exact) mass is 398 g/mol. The van der Waals surface area contributed by atoms with E-state index in [1.807, 2.05) is 24.3 Å². The number of benzene rings is 3. The Morgan fingerprint density at radius 3 is 2.47 bits per heavy atom. The van der Waals surface area contributed by atoms with Gasteiger partial charge in [-0.1, -0.05) is 36.4 Å². The highest BCUT2D eigenvalue weighted by molar-refractivity contribution is 6.07. The van der Waals surface area contributed by atoms with E-state index in [0.717, 1.165) is 30.0 Å². The first-order chi connectivity index (χ1) is 14.7. The van der Waals surface area contributed by atoms with Crippen molar-refractivity contribution in [3.63, 3.8) is 0 Å². The third-order valence-electron chi connectivity index (χ3n) is 6.07.